The number of carbonyl (C=O) groups is 1. The third kappa shape index (κ3) is 4.62. The number of anilines is 2. The number of ether oxygens (including phenoxy) is 1. The smallest absolute Gasteiger partial charge is 0.410 e. The molecule has 122 valence electrons. The molecule has 1 aromatic rings. The summed E-state index contributed by atoms with van der Waals surface area (Å²) in [4.78, 5) is 21.9. The Morgan fingerprint density at radius 1 is 1.55 bits per heavy atom. The first-order chi connectivity index (χ1) is 10.2. The second-order valence-corrected chi connectivity index (χ2v) is 6.70. The molecule has 7 nitrogen and oxygen atoms in total. The minimum atomic E-state index is -0.493. The zero-order valence-electron chi connectivity index (χ0n) is 13.1. The van der Waals surface area contributed by atoms with Gasteiger partial charge in [-0.1, -0.05) is 11.6 Å². The Morgan fingerprint density at radius 2 is 2.27 bits per heavy atom. The predicted octanol–water partition coefficient (Wildman–Crippen LogP) is 2.52. The van der Waals surface area contributed by atoms with Crippen molar-refractivity contribution in [1.29, 1.82) is 0 Å². The summed E-state index contributed by atoms with van der Waals surface area (Å²) in [6, 6.07) is 0.0789. The second-order valence-electron chi connectivity index (χ2n) is 6.34. The van der Waals surface area contributed by atoms with Crippen molar-refractivity contribution in [1.82, 2.24) is 14.9 Å². The monoisotopic (exact) mass is 327 g/mol. The number of nitrogen functional groups attached to an aromatic ring is 1. The molecule has 2 heterocycles. The van der Waals surface area contributed by atoms with Gasteiger partial charge < -0.3 is 20.7 Å². The van der Waals surface area contributed by atoms with Crippen LogP contribution < -0.4 is 11.1 Å². The molecular weight excluding hydrogens is 306 g/mol. The highest BCUT2D eigenvalue weighted by atomic mass is 35.5. The second kappa shape index (κ2) is 6.56. The highest BCUT2D eigenvalue weighted by molar-refractivity contribution is 6.31. The normalized spacial score (nSPS) is 18.9. The Bertz CT molecular complexity index is 547. The molecule has 0 spiro atoms. The van der Waals surface area contributed by atoms with Gasteiger partial charge in [-0.25, -0.2) is 14.8 Å². The van der Waals surface area contributed by atoms with Crippen molar-refractivity contribution in [3.8, 4) is 0 Å². The lowest BCUT2D eigenvalue weighted by Crippen LogP contribution is -2.47. The number of rotatable bonds is 2. The van der Waals surface area contributed by atoms with Gasteiger partial charge in [0.2, 0.25) is 0 Å². The maximum Gasteiger partial charge on any atom is 0.410 e. The maximum atomic E-state index is 12.1. The summed E-state index contributed by atoms with van der Waals surface area (Å²) in [5, 5.41) is 3.40. The number of nitrogens with two attached hydrogens (primary N) is 1. The standard InChI is InChI=1S/C14H22ClN5O2/c1-14(2,3)22-13(21)20-6-4-5-9(8-20)18-10-7-17-12(16)11(15)19-10/h7,9H,4-6,8H2,1-3H3,(H2,16,17)(H,18,19)/t9-/m1/s1. The van der Waals surface area contributed by atoms with Gasteiger partial charge in [-0.15, -0.1) is 0 Å². The molecule has 1 amide bonds. The molecule has 0 saturated carbocycles. The van der Waals surface area contributed by atoms with E-state index in [0.29, 0.717) is 18.9 Å². The fourth-order valence-electron chi connectivity index (χ4n) is 2.24. The molecule has 0 aromatic carbocycles. The van der Waals surface area contributed by atoms with Gasteiger partial charge in [-0.05, 0) is 33.6 Å². The van der Waals surface area contributed by atoms with Crippen LogP contribution in [0.5, 0.6) is 0 Å². The number of carbonyl (C=O) groups excluding carboxylic acids is 1. The van der Waals surface area contributed by atoms with Crippen molar-refractivity contribution in [3.63, 3.8) is 0 Å². The molecule has 1 atom stereocenters. The van der Waals surface area contributed by atoms with E-state index < -0.39 is 5.60 Å². The summed E-state index contributed by atoms with van der Waals surface area (Å²) >= 11 is 5.86. The Balaban J connectivity index is 1.95. The van der Waals surface area contributed by atoms with E-state index in [1.807, 2.05) is 20.8 Å². The third-order valence-electron chi connectivity index (χ3n) is 3.18. The molecule has 1 aliphatic heterocycles. The number of likely N-dealkylation sites (tertiary alicyclic amines) is 1. The third-order valence-corrected chi connectivity index (χ3v) is 3.46. The predicted molar refractivity (Wildman–Crippen MR) is 85.9 cm³/mol. The average Bonchev–Trinajstić information content (AvgIpc) is 2.41. The van der Waals surface area contributed by atoms with Crippen LogP contribution in [-0.4, -0.2) is 45.7 Å². The fourth-order valence-corrected chi connectivity index (χ4v) is 2.38. The number of hydrogen-bond donors (Lipinski definition) is 2. The molecule has 8 heteroatoms. The van der Waals surface area contributed by atoms with Gasteiger partial charge in [0.15, 0.2) is 11.0 Å². The quantitative estimate of drug-likeness (QED) is 0.867. The first-order valence-corrected chi connectivity index (χ1v) is 7.65. The number of nitrogens with zero attached hydrogens (tertiary/aromatic N) is 3. The fraction of sp³-hybridized carbons (Fsp3) is 0.643. The van der Waals surface area contributed by atoms with E-state index in [4.69, 9.17) is 22.1 Å². The van der Waals surface area contributed by atoms with E-state index in [1.54, 1.807) is 4.90 Å². The molecule has 1 aromatic heterocycles. The molecule has 1 aliphatic rings. The summed E-state index contributed by atoms with van der Waals surface area (Å²) in [6.07, 6.45) is 3.07. The van der Waals surface area contributed by atoms with Gasteiger partial charge in [0.05, 0.1) is 6.20 Å². The minimum Gasteiger partial charge on any atom is -0.444 e. The van der Waals surface area contributed by atoms with E-state index in [-0.39, 0.29) is 23.1 Å². The van der Waals surface area contributed by atoms with Gasteiger partial charge >= 0.3 is 6.09 Å². The van der Waals surface area contributed by atoms with Gasteiger partial charge in [0.25, 0.3) is 0 Å². The molecular formula is C14H22ClN5O2. The van der Waals surface area contributed by atoms with Crippen molar-refractivity contribution in [2.24, 2.45) is 0 Å². The highest BCUT2D eigenvalue weighted by Gasteiger charge is 2.27. The van der Waals surface area contributed by atoms with Gasteiger partial charge in [-0.2, -0.15) is 0 Å². The van der Waals surface area contributed by atoms with Crippen LogP contribution in [0.3, 0.4) is 0 Å². The van der Waals surface area contributed by atoms with Gasteiger partial charge in [0.1, 0.15) is 11.4 Å². The highest BCUT2D eigenvalue weighted by Crippen LogP contribution is 2.20. The molecule has 22 heavy (non-hydrogen) atoms. The summed E-state index contributed by atoms with van der Waals surface area (Å²) in [7, 11) is 0. The van der Waals surface area contributed by atoms with Crippen LogP contribution >= 0.6 is 11.6 Å². The van der Waals surface area contributed by atoms with Crippen LogP contribution in [0.25, 0.3) is 0 Å². The summed E-state index contributed by atoms with van der Waals surface area (Å²) in [5.41, 5.74) is 5.05. The lowest BCUT2D eigenvalue weighted by atomic mass is 10.1. The topological polar surface area (TPSA) is 93.4 Å². The van der Waals surface area contributed by atoms with Crippen molar-refractivity contribution in [2.75, 3.05) is 24.1 Å². The van der Waals surface area contributed by atoms with Crippen LogP contribution in [0, 0.1) is 0 Å². The van der Waals surface area contributed by atoms with Crippen molar-refractivity contribution in [2.45, 2.75) is 45.3 Å². The van der Waals surface area contributed by atoms with Crippen molar-refractivity contribution < 1.29 is 9.53 Å². The summed E-state index contributed by atoms with van der Waals surface area (Å²) in [6.45, 7) is 6.82. The molecule has 0 radical (unpaired) electrons. The Hall–Kier alpha value is -1.76. The Morgan fingerprint density at radius 3 is 2.91 bits per heavy atom. The van der Waals surface area contributed by atoms with Gasteiger partial charge in [-0.3, -0.25) is 0 Å². The van der Waals surface area contributed by atoms with E-state index in [2.05, 4.69) is 15.3 Å². The molecule has 0 bridgehead atoms. The van der Waals surface area contributed by atoms with Gasteiger partial charge in [0, 0.05) is 19.1 Å². The molecule has 1 saturated heterocycles. The zero-order chi connectivity index (χ0) is 16.3. The molecule has 3 N–H and O–H groups in total. The number of hydrogen-bond acceptors (Lipinski definition) is 6. The Labute approximate surface area is 135 Å². The number of amides is 1. The molecule has 0 unspecified atom stereocenters. The summed E-state index contributed by atoms with van der Waals surface area (Å²) in [5.74, 6) is 0.751. The number of piperidine rings is 1. The molecule has 1 fully saturated rings. The zero-order valence-corrected chi connectivity index (χ0v) is 13.9. The number of halogens is 1. The van der Waals surface area contributed by atoms with E-state index >= 15 is 0 Å². The van der Waals surface area contributed by atoms with Crippen molar-refractivity contribution in [3.05, 3.63) is 11.3 Å². The van der Waals surface area contributed by atoms with Crippen LogP contribution in [-0.2, 0) is 4.74 Å². The van der Waals surface area contributed by atoms with E-state index in [9.17, 15) is 4.79 Å². The molecule has 2 rings (SSSR count). The van der Waals surface area contributed by atoms with Crippen molar-refractivity contribution >= 4 is 29.3 Å². The lowest BCUT2D eigenvalue weighted by Gasteiger charge is -2.34. The summed E-state index contributed by atoms with van der Waals surface area (Å²) < 4.78 is 5.40. The van der Waals surface area contributed by atoms with Crippen LogP contribution in [0.15, 0.2) is 6.20 Å². The lowest BCUT2D eigenvalue weighted by molar-refractivity contribution is 0.0206. The van der Waals surface area contributed by atoms with E-state index in [1.165, 1.54) is 6.20 Å². The van der Waals surface area contributed by atoms with Crippen LogP contribution in [0.1, 0.15) is 33.6 Å². The minimum absolute atomic E-state index is 0.0789. The Kier molecular flexibility index (Phi) is 4.95. The largest absolute Gasteiger partial charge is 0.444 e. The SMILES string of the molecule is CC(C)(C)OC(=O)N1CCC[C@@H](Nc2cnc(N)c(Cl)n2)C1. The first kappa shape index (κ1) is 16.6. The average molecular weight is 328 g/mol. The van der Waals surface area contributed by atoms with E-state index in [0.717, 1.165) is 12.8 Å². The van der Waals surface area contributed by atoms with Crippen LogP contribution in [0.4, 0.5) is 16.4 Å². The molecule has 0 aliphatic carbocycles. The van der Waals surface area contributed by atoms with Crippen LogP contribution in [0.2, 0.25) is 5.15 Å². The maximum absolute atomic E-state index is 12.1. The number of nitrogens with one attached hydrogen (secondary N) is 1. The number of aromatic nitrogens is 2. The first-order valence-electron chi connectivity index (χ1n) is 7.27.